The van der Waals surface area contributed by atoms with Crippen LogP contribution in [0.15, 0.2) is 30.0 Å². The molecule has 1 fully saturated rings. The van der Waals surface area contributed by atoms with Gasteiger partial charge in [0.15, 0.2) is 5.13 Å². The van der Waals surface area contributed by atoms with Crippen molar-refractivity contribution < 1.29 is 0 Å². The SMILES string of the molecule is Cc1csc(Nc2cc([C@@H]3CCCN(c4ccncn4)C3)nc(C)n2)n1. The second-order valence-corrected chi connectivity index (χ2v) is 7.36. The Morgan fingerprint density at radius 2 is 2.15 bits per heavy atom. The first-order valence-corrected chi connectivity index (χ1v) is 9.61. The number of hydrogen-bond acceptors (Lipinski definition) is 8. The van der Waals surface area contributed by atoms with E-state index in [1.165, 1.54) is 0 Å². The number of hydrogen-bond donors (Lipinski definition) is 1. The van der Waals surface area contributed by atoms with E-state index in [0.29, 0.717) is 5.92 Å². The lowest BCUT2D eigenvalue weighted by Gasteiger charge is -2.33. The quantitative estimate of drug-likeness (QED) is 0.756. The van der Waals surface area contributed by atoms with Gasteiger partial charge in [0.25, 0.3) is 0 Å². The zero-order valence-electron chi connectivity index (χ0n) is 14.9. The maximum Gasteiger partial charge on any atom is 0.188 e. The van der Waals surface area contributed by atoms with Crippen LogP contribution in [0.1, 0.15) is 36.0 Å². The number of thiazole rings is 1. The maximum absolute atomic E-state index is 4.70. The van der Waals surface area contributed by atoms with Crippen molar-refractivity contribution in [1.82, 2.24) is 24.9 Å². The Balaban J connectivity index is 1.54. The van der Waals surface area contributed by atoms with Gasteiger partial charge < -0.3 is 10.2 Å². The molecule has 0 radical (unpaired) electrons. The van der Waals surface area contributed by atoms with Crippen LogP contribution in [0.4, 0.5) is 16.8 Å². The average molecular weight is 367 g/mol. The highest BCUT2D eigenvalue weighted by Gasteiger charge is 2.24. The van der Waals surface area contributed by atoms with Gasteiger partial charge in [-0.25, -0.2) is 24.9 Å². The summed E-state index contributed by atoms with van der Waals surface area (Å²) in [5, 5.41) is 6.19. The van der Waals surface area contributed by atoms with Gasteiger partial charge in [0.1, 0.15) is 23.8 Å². The summed E-state index contributed by atoms with van der Waals surface area (Å²) in [6.45, 7) is 5.85. The standard InChI is InChI=1S/C18H21N7S/c1-12-10-26-18(21-12)24-16-8-15(22-13(2)23-16)14-4-3-7-25(9-14)17-5-6-19-11-20-17/h5-6,8,10-11,14H,3-4,7,9H2,1-2H3,(H,21,22,23,24)/t14-/m1/s1. The van der Waals surface area contributed by atoms with Crippen LogP contribution in [0.5, 0.6) is 0 Å². The van der Waals surface area contributed by atoms with Gasteiger partial charge in [-0.05, 0) is 32.8 Å². The van der Waals surface area contributed by atoms with Crippen molar-refractivity contribution in [3.63, 3.8) is 0 Å². The van der Waals surface area contributed by atoms with Crippen LogP contribution >= 0.6 is 11.3 Å². The third-order valence-electron chi connectivity index (χ3n) is 4.44. The molecule has 1 atom stereocenters. The molecule has 1 N–H and O–H groups in total. The van der Waals surface area contributed by atoms with Crippen molar-refractivity contribution in [1.29, 1.82) is 0 Å². The first-order valence-electron chi connectivity index (χ1n) is 8.73. The summed E-state index contributed by atoms with van der Waals surface area (Å²) in [5.74, 6) is 2.92. The lowest BCUT2D eigenvalue weighted by atomic mass is 9.94. The lowest BCUT2D eigenvalue weighted by molar-refractivity contribution is 0.497. The molecule has 0 aromatic carbocycles. The Hall–Kier alpha value is -2.61. The van der Waals surface area contributed by atoms with Crippen molar-refractivity contribution in [2.24, 2.45) is 0 Å². The summed E-state index contributed by atoms with van der Waals surface area (Å²) >= 11 is 1.58. The number of nitrogens with one attached hydrogen (secondary N) is 1. The largest absolute Gasteiger partial charge is 0.356 e. The van der Waals surface area contributed by atoms with Crippen molar-refractivity contribution in [2.45, 2.75) is 32.6 Å². The second kappa shape index (κ2) is 7.33. The van der Waals surface area contributed by atoms with E-state index in [1.807, 2.05) is 25.3 Å². The number of aromatic nitrogens is 5. The highest BCUT2D eigenvalue weighted by molar-refractivity contribution is 7.13. The highest BCUT2D eigenvalue weighted by atomic mass is 32.1. The molecule has 0 unspecified atom stereocenters. The molecule has 3 aromatic heterocycles. The fourth-order valence-electron chi connectivity index (χ4n) is 3.28. The predicted octanol–water partition coefficient (Wildman–Crippen LogP) is 3.47. The Bertz CT molecular complexity index is 880. The van der Waals surface area contributed by atoms with Crippen LogP contribution in [0.2, 0.25) is 0 Å². The number of piperidine rings is 1. The molecule has 0 aliphatic carbocycles. The fourth-order valence-corrected chi connectivity index (χ4v) is 3.98. The molecule has 0 saturated carbocycles. The highest BCUT2D eigenvalue weighted by Crippen LogP contribution is 2.29. The predicted molar refractivity (Wildman–Crippen MR) is 103 cm³/mol. The van der Waals surface area contributed by atoms with Crippen LogP contribution in [-0.2, 0) is 0 Å². The molecule has 3 aromatic rings. The minimum absolute atomic E-state index is 0.360. The molecule has 26 heavy (non-hydrogen) atoms. The second-order valence-electron chi connectivity index (χ2n) is 6.50. The van der Waals surface area contributed by atoms with Crippen LogP contribution in [0.3, 0.4) is 0 Å². The van der Waals surface area contributed by atoms with E-state index in [4.69, 9.17) is 4.98 Å². The minimum atomic E-state index is 0.360. The molecule has 0 spiro atoms. The summed E-state index contributed by atoms with van der Waals surface area (Å²) in [6, 6.07) is 4.02. The minimum Gasteiger partial charge on any atom is -0.356 e. The molecule has 4 heterocycles. The normalized spacial score (nSPS) is 17.3. The average Bonchev–Trinajstić information content (AvgIpc) is 3.07. The van der Waals surface area contributed by atoms with E-state index < -0.39 is 0 Å². The Kier molecular flexibility index (Phi) is 4.75. The van der Waals surface area contributed by atoms with Crippen LogP contribution in [0.25, 0.3) is 0 Å². The smallest absolute Gasteiger partial charge is 0.188 e. The Morgan fingerprint density at radius 3 is 2.92 bits per heavy atom. The summed E-state index contributed by atoms with van der Waals surface area (Å²) < 4.78 is 0. The van der Waals surface area contributed by atoms with Gasteiger partial charge in [0, 0.05) is 36.7 Å². The van der Waals surface area contributed by atoms with Gasteiger partial charge in [0.2, 0.25) is 0 Å². The topological polar surface area (TPSA) is 79.7 Å². The zero-order chi connectivity index (χ0) is 17.9. The first kappa shape index (κ1) is 16.8. The number of rotatable bonds is 4. The van der Waals surface area contributed by atoms with Crippen LogP contribution in [0, 0.1) is 13.8 Å². The van der Waals surface area contributed by atoms with Gasteiger partial charge in [-0.3, -0.25) is 0 Å². The monoisotopic (exact) mass is 367 g/mol. The summed E-state index contributed by atoms with van der Waals surface area (Å²) in [6.07, 6.45) is 5.63. The number of anilines is 3. The first-order chi connectivity index (χ1) is 12.7. The summed E-state index contributed by atoms with van der Waals surface area (Å²) in [5.41, 5.74) is 2.09. The molecule has 4 rings (SSSR count). The lowest BCUT2D eigenvalue weighted by Crippen LogP contribution is -2.35. The van der Waals surface area contributed by atoms with Gasteiger partial charge in [-0.1, -0.05) is 0 Å². The van der Waals surface area contributed by atoms with Gasteiger partial charge in [0.05, 0.1) is 11.4 Å². The van der Waals surface area contributed by atoms with Crippen LogP contribution < -0.4 is 10.2 Å². The van der Waals surface area contributed by atoms with Crippen molar-refractivity contribution in [3.05, 3.63) is 47.2 Å². The van der Waals surface area contributed by atoms with E-state index in [0.717, 1.165) is 59.9 Å². The summed E-state index contributed by atoms with van der Waals surface area (Å²) in [4.78, 5) is 24.4. The molecule has 0 bridgehead atoms. The molecule has 1 aliphatic rings. The Labute approximate surface area is 156 Å². The van der Waals surface area contributed by atoms with Gasteiger partial charge in [-0.2, -0.15) is 0 Å². The maximum atomic E-state index is 4.70. The molecular weight excluding hydrogens is 346 g/mol. The van der Waals surface area contributed by atoms with Crippen molar-refractivity contribution in [3.8, 4) is 0 Å². The van der Waals surface area contributed by atoms with E-state index >= 15 is 0 Å². The number of nitrogens with zero attached hydrogens (tertiary/aromatic N) is 6. The van der Waals surface area contributed by atoms with E-state index in [2.05, 4.69) is 36.2 Å². The van der Waals surface area contributed by atoms with Crippen molar-refractivity contribution in [2.75, 3.05) is 23.3 Å². The Morgan fingerprint density at radius 1 is 1.23 bits per heavy atom. The van der Waals surface area contributed by atoms with Gasteiger partial charge >= 0.3 is 0 Å². The molecule has 8 heteroatoms. The van der Waals surface area contributed by atoms with Crippen LogP contribution in [-0.4, -0.2) is 38.0 Å². The van der Waals surface area contributed by atoms with E-state index in [-0.39, 0.29) is 0 Å². The van der Waals surface area contributed by atoms with E-state index in [9.17, 15) is 0 Å². The molecule has 0 amide bonds. The fraction of sp³-hybridized carbons (Fsp3) is 0.389. The summed E-state index contributed by atoms with van der Waals surface area (Å²) in [7, 11) is 0. The molecule has 1 saturated heterocycles. The van der Waals surface area contributed by atoms with E-state index in [1.54, 1.807) is 23.9 Å². The number of aryl methyl sites for hydroxylation is 2. The molecular formula is C18H21N7S. The molecule has 1 aliphatic heterocycles. The molecule has 7 nitrogen and oxygen atoms in total. The van der Waals surface area contributed by atoms with Crippen molar-refractivity contribution >= 4 is 28.1 Å². The third-order valence-corrected chi connectivity index (χ3v) is 5.32. The van der Waals surface area contributed by atoms with Gasteiger partial charge in [-0.15, -0.1) is 11.3 Å². The third kappa shape index (κ3) is 3.80. The molecule has 134 valence electrons. The zero-order valence-corrected chi connectivity index (χ0v) is 15.7.